The molecule has 110 valence electrons. The number of anilines is 1. The van der Waals surface area contributed by atoms with Crippen LogP contribution in [0.1, 0.15) is 26.2 Å². The van der Waals surface area contributed by atoms with E-state index in [0.29, 0.717) is 18.4 Å². The molecule has 3 rings (SSSR count). The predicted molar refractivity (Wildman–Crippen MR) is 87.4 cm³/mol. The minimum Gasteiger partial charge on any atom is -0.326 e. The number of fused-ring (bicyclic) bond motifs is 1. The van der Waals surface area contributed by atoms with Gasteiger partial charge in [0.15, 0.2) is 0 Å². The Bertz CT molecular complexity index is 638. The third-order valence-corrected chi connectivity index (χ3v) is 4.37. The van der Waals surface area contributed by atoms with Crippen molar-refractivity contribution in [3.63, 3.8) is 0 Å². The van der Waals surface area contributed by atoms with Crippen LogP contribution in [0, 0.1) is 5.92 Å². The number of amides is 1. The standard InChI is InChI=1S/C18H22N2O/c1-13-5-4-10-19-17(13)12-18(21)20-16-9-8-14-6-2-3-7-15(14)11-16/h2-3,6-9,11,13,17,19H,4-5,10,12H2,1H3,(H,20,21). The van der Waals surface area contributed by atoms with Gasteiger partial charge < -0.3 is 10.6 Å². The molecule has 0 aromatic heterocycles. The Labute approximate surface area is 125 Å². The van der Waals surface area contributed by atoms with Crippen molar-refractivity contribution in [3.8, 4) is 0 Å². The van der Waals surface area contributed by atoms with E-state index < -0.39 is 0 Å². The minimum atomic E-state index is 0.0940. The maximum absolute atomic E-state index is 12.2. The molecule has 1 aliphatic rings. The maximum atomic E-state index is 12.2. The number of benzene rings is 2. The lowest BCUT2D eigenvalue weighted by Gasteiger charge is -2.29. The molecule has 0 saturated carbocycles. The zero-order valence-electron chi connectivity index (χ0n) is 12.4. The summed E-state index contributed by atoms with van der Waals surface area (Å²) in [7, 11) is 0. The highest BCUT2D eigenvalue weighted by molar-refractivity contribution is 5.94. The molecule has 0 spiro atoms. The summed E-state index contributed by atoms with van der Waals surface area (Å²) in [5.41, 5.74) is 0.877. The van der Waals surface area contributed by atoms with Crippen molar-refractivity contribution in [2.24, 2.45) is 5.92 Å². The lowest BCUT2D eigenvalue weighted by atomic mass is 9.90. The van der Waals surface area contributed by atoms with Gasteiger partial charge in [0, 0.05) is 18.2 Å². The molecule has 2 atom stereocenters. The highest BCUT2D eigenvalue weighted by Crippen LogP contribution is 2.21. The molecule has 2 N–H and O–H groups in total. The van der Waals surface area contributed by atoms with Gasteiger partial charge in [0.1, 0.15) is 0 Å². The highest BCUT2D eigenvalue weighted by atomic mass is 16.1. The number of nitrogens with one attached hydrogen (secondary N) is 2. The normalized spacial score (nSPS) is 22.1. The molecule has 0 radical (unpaired) electrons. The summed E-state index contributed by atoms with van der Waals surface area (Å²) in [4.78, 5) is 12.2. The van der Waals surface area contributed by atoms with Crippen LogP contribution in [0.3, 0.4) is 0 Å². The second-order valence-electron chi connectivity index (χ2n) is 5.99. The molecular weight excluding hydrogens is 260 g/mol. The van der Waals surface area contributed by atoms with Crippen molar-refractivity contribution in [1.29, 1.82) is 0 Å². The molecular formula is C18H22N2O. The highest BCUT2D eigenvalue weighted by Gasteiger charge is 2.23. The van der Waals surface area contributed by atoms with Gasteiger partial charge in [0.25, 0.3) is 0 Å². The molecule has 3 nitrogen and oxygen atoms in total. The van der Waals surface area contributed by atoms with Gasteiger partial charge in [-0.05, 0) is 48.2 Å². The van der Waals surface area contributed by atoms with Gasteiger partial charge in [0.05, 0.1) is 0 Å². The number of carbonyl (C=O) groups excluding carboxylic acids is 1. The van der Waals surface area contributed by atoms with Crippen molar-refractivity contribution in [2.75, 3.05) is 11.9 Å². The summed E-state index contributed by atoms with van der Waals surface area (Å²) in [6.45, 7) is 3.25. The quantitative estimate of drug-likeness (QED) is 0.904. The number of hydrogen-bond acceptors (Lipinski definition) is 2. The maximum Gasteiger partial charge on any atom is 0.225 e. The Morgan fingerprint density at radius 3 is 2.86 bits per heavy atom. The van der Waals surface area contributed by atoms with Crippen molar-refractivity contribution in [1.82, 2.24) is 5.32 Å². The SMILES string of the molecule is CC1CCCNC1CC(=O)Nc1ccc2ccccc2c1. The van der Waals surface area contributed by atoms with E-state index in [1.54, 1.807) is 0 Å². The van der Waals surface area contributed by atoms with Crippen LogP contribution in [0.5, 0.6) is 0 Å². The van der Waals surface area contributed by atoms with E-state index in [4.69, 9.17) is 0 Å². The Kier molecular flexibility index (Phi) is 4.20. The van der Waals surface area contributed by atoms with Crippen LogP contribution in [0.2, 0.25) is 0 Å². The summed E-state index contributed by atoms with van der Waals surface area (Å²) in [5, 5.41) is 8.82. The van der Waals surface area contributed by atoms with Crippen LogP contribution < -0.4 is 10.6 Å². The van der Waals surface area contributed by atoms with Crippen molar-refractivity contribution in [3.05, 3.63) is 42.5 Å². The van der Waals surface area contributed by atoms with E-state index in [0.717, 1.165) is 17.6 Å². The van der Waals surface area contributed by atoms with Gasteiger partial charge in [-0.2, -0.15) is 0 Å². The van der Waals surface area contributed by atoms with E-state index in [1.165, 1.54) is 18.2 Å². The molecule has 1 amide bonds. The van der Waals surface area contributed by atoms with Gasteiger partial charge in [0.2, 0.25) is 5.91 Å². The summed E-state index contributed by atoms with van der Waals surface area (Å²) in [6.07, 6.45) is 2.97. The minimum absolute atomic E-state index is 0.0940. The molecule has 21 heavy (non-hydrogen) atoms. The van der Waals surface area contributed by atoms with Gasteiger partial charge >= 0.3 is 0 Å². The largest absolute Gasteiger partial charge is 0.326 e. The molecule has 2 unspecified atom stereocenters. The van der Waals surface area contributed by atoms with Crippen molar-refractivity contribution >= 4 is 22.4 Å². The van der Waals surface area contributed by atoms with Gasteiger partial charge in [-0.1, -0.05) is 37.3 Å². The monoisotopic (exact) mass is 282 g/mol. The van der Waals surface area contributed by atoms with Gasteiger partial charge in [-0.3, -0.25) is 4.79 Å². The fourth-order valence-corrected chi connectivity index (χ4v) is 3.07. The first-order valence-corrected chi connectivity index (χ1v) is 7.74. The lowest BCUT2D eigenvalue weighted by Crippen LogP contribution is -2.42. The molecule has 1 aliphatic heterocycles. The molecule has 1 fully saturated rings. The fourth-order valence-electron chi connectivity index (χ4n) is 3.07. The Morgan fingerprint density at radius 2 is 2.05 bits per heavy atom. The van der Waals surface area contributed by atoms with Crippen LogP contribution in [0.25, 0.3) is 10.8 Å². The summed E-state index contributed by atoms with van der Waals surface area (Å²) < 4.78 is 0. The average molecular weight is 282 g/mol. The zero-order chi connectivity index (χ0) is 14.7. The second-order valence-corrected chi connectivity index (χ2v) is 5.99. The van der Waals surface area contributed by atoms with Crippen LogP contribution in [0.4, 0.5) is 5.69 Å². The topological polar surface area (TPSA) is 41.1 Å². The first-order chi connectivity index (χ1) is 10.2. The number of carbonyl (C=O) groups is 1. The molecule has 1 saturated heterocycles. The number of rotatable bonds is 3. The van der Waals surface area contributed by atoms with E-state index >= 15 is 0 Å². The number of piperidine rings is 1. The van der Waals surface area contributed by atoms with Gasteiger partial charge in [-0.25, -0.2) is 0 Å². The molecule has 2 aromatic carbocycles. The Morgan fingerprint density at radius 1 is 1.24 bits per heavy atom. The third kappa shape index (κ3) is 3.42. The molecule has 0 bridgehead atoms. The molecule has 2 aromatic rings. The summed E-state index contributed by atoms with van der Waals surface area (Å²) in [6, 6.07) is 14.5. The average Bonchev–Trinajstić information content (AvgIpc) is 2.49. The summed E-state index contributed by atoms with van der Waals surface area (Å²) in [5.74, 6) is 0.664. The van der Waals surface area contributed by atoms with Crippen LogP contribution >= 0.6 is 0 Å². The van der Waals surface area contributed by atoms with E-state index in [1.807, 2.05) is 30.3 Å². The van der Waals surface area contributed by atoms with E-state index in [9.17, 15) is 4.79 Å². The lowest BCUT2D eigenvalue weighted by molar-refractivity contribution is -0.117. The van der Waals surface area contributed by atoms with Crippen molar-refractivity contribution < 1.29 is 4.79 Å². The molecule has 0 aliphatic carbocycles. The first kappa shape index (κ1) is 14.1. The zero-order valence-corrected chi connectivity index (χ0v) is 12.4. The van der Waals surface area contributed by atoms with Crippen molar-refractivity contribution in [2.45, 2.75) is 32.2 Å². The first-order valence-electron chi connectivity index (χ1n) is 7.74. The second kappa shape index (κ2) is 6.27. The Hall–Kier alpha value is -1.87. The predicted octanol–water partition coefficient (Wildman–Crippen LogP) is 3.56. The number of hydrogen-bond donors (Lipinski definition) is 2. The molecule has 1 heterocycles. The smallest absolute Gasteiger partial charge is 0.225 e. The molecule has 3 heteroatoms. The van der Waals surface area contributed by atoms with E-state index in [2.05, 4.69) is 29.7 Å². The van der Waals surface area contributed by atoms with Crippen LogP contribution in [-0.2, 0) is 4.79 Å². The van der Waals surface area contributed by atoms with Gasteiger partial charge in [-0.15, -0.1) is 0 Å². The van der Waals surface area contributed by atoms with Crippen LogP contribution in [-0.4, -0.2) is 18.5 Å². The summed E-state index contributed by atoms with van der Waals surface area (Å²) >= 11 is 0. The Balaban J connectivity index is 1.65. The van der Waals surface area contributed by atoms with Crippen LogP contribution in [0.15, 0.2) is 42.5 Å². The third-order valence-electron chi connectivity index (χ3n) is 4.37. The fraction of sp³-hybridized carbons (Fsp3) is 0.389. The van der Waals surface area contributed by atoms with E-state index in [-0.39, 0.29) is 5.91 Å².